The van der Waals surface area contributed by atoms with Gasteiger partial charge in [0.25, 0.3) is 0 Å². The molecular formula is C23H22O12. The monoisotopic (exact) mass is 490 g/mol. The molecule has 1 saturated heterocycles. The van der Waals surface area contributed by atoms with Crippen molar-refractivity contribution in [1.29, 1.82) is 0 Å². The number of hydrogen-bond donors (Lipinski definition) is 6. The minimum absolute atomic E-state index is 0.0790. The third-order valence-electron chi connectivity index (χ3n) is 5.41. The molecule has 35 heavy (non-hydrogen) atoms. The van der Waals surface area contributed by atoms with Gasteiger partial charge in [-0.2, -0.15) is 0 Å². The summed E-state index contributed by atoms with van der Waals surface area (Å²) in [5.74, 6) is -2.64. The number of fused-ring (bicyclic) bond motifs is 1. The van der Waals surface area contributed by atoms with Crippen LogP contribution in [0, 0.1) is 0 Å². The SMILES string of the molecule is CC(=O)O[C@H]1[C@H](O)[C@@H](CO)OC(Oc2c(-c3ccc(O)cc3)oc3cc(O)cc(O)c3c2=O)[C@@H]1O. The third kappa shape index (κ3) is 4.59. The summed E-state index contributed by atoms with van der Waals surface area (Å²) in [4.78, 5) is 24.9. The fourth-order valence-corrected chi connectivity index (χ4v) is 3.78. The maximum absolute atomic E-state index is 13.4. The number of ether oxygens (including phenoxy) is 3. The van der Waals surface area contributed by atoms with Gasteiger partial charge in [-0.05, 0) is 24.3 Å². The second-order valence-corrected chi connectivity index (χ2v) is 7.87. The quantitative estimate of drug-likeness (QED) is 0.268. The van der Waals surface area contributed by atoms with Gasteiger partial charge < -0.3 is 49.3 Å². The van der Waals surface area contributed by atoms with E-state index < -0.39 is 60.2 Å². The number of phenolic OH excluding ortho intramolecular Hbond substituents is 3. The van der Waals surface area contributed by atoms with Crippen LogP contribution in [0.2, 0.25) is 0 Å². The largest absolute Gasteiger partial charge is 0.508 e. The van der Waals surface area contributed by atoms with Crippen LogP contribution in [-0.2, 0) is 14.3 Å². The number of rotatable bonds is 5. The molecule has 2 heterocycles. The van der Waals surface area contributed by atoms with Crippen molar-refractivity contribution < 1.29 is 54.1 Å². The molecule has 0 spiro atoms. The summed E-state index contributed by atoms with van der Waals surface area (Å²) in [6.45, 7) is 0.320. The number of phenols is 3. The molecule has 1 fully saturated rings. The van der Waals surface area contributed by atoms with Crippen molar-refractivity contribution in [2.24, 2.45) is 0 Å². The van der Waals surface area contributed by atoms with Gasteiger partial charge in [-0.1, -0.05) is 0 Å². The molecule has 0 saturated carbocycles. The molecule has 1 aromatic heterocycles. The van der Waals surface area contributed by atoms with Gasteiger partial charge in [0, 0.05) is 24.6 Å². The molecule has 0 bridgehead atoms. The molecule has 1 aliphatic rings. The van der Waals surface area contributed by atoms with Gasteiger partial charge in [-0.25, -0.2) is 0 Å². The van der Waals surface area contributed by atoms with E-state index in [1.165, 1.54) is 24.3 Å². The average molecular weight is 490 g/mol. The number of hydrogen-bond acceptors (Lipinski definition) is 12. The molecule has 2 aromatic carbocycles. The van der Waals surface area contributed by atoms with Gasteiger partial charge in [0.2, 0.25) is 17.5 Å². The van der Waals surface area contributed by atoms with E-state index >= 15 is 0 Å². The normalized spacial score (nSPS) is 24.3. The average Bonchev–Trinajstić information content (AvgIpc) is 2.79. The van der Waals surface area contributed by atoms with Crippen LogP contribution in [0.25, 0.3) is 22.3 Å². The van der Waals surface area contributed by atoms with Crippen LogP contribution in [0.3, 0.4) is 0 Å². The lowest BCUT2D eigenvalue weighted by atomic mass is 9.99. The van der Waals surface area contributed by atoms with Gasteiger partial charge in [-0.15, -0.1) is 0 Å². The molecule has 12 nitrogen and oxygen atoms in total. The van der Waals surface area contributed by atoms with Crippen molar-refractivity contribution in [1.82, 2.24) is 0 Å². The molecule has 0 aliphatic carbocycles. The first-order valence-electron chi connectivity index (χ1n) is 10.4. The van der Waals surface area contributed by atoms with Crippen LogP contribution in [-0.4, -0.2) is 73.9 Å². The fourth-order valence-electron chi connectivity index (χ4n) is 3.78. The van der Waals surface area contributed by atoms with E-state index in [9.17, 15) is 40.2 Å². The number of benzene rings is 2. The van der Waals surface area contributed by atoms with Crippen LogP contribution in [0.5, 0.6) is 23.0 Å². The number of aliphatic hydroxyl groups excluding tert-OH is 3. The van der Waals surface area contributed by atoms with Crippen molar-refractivity contribution in [2.75, 3.05) is 6.61 Å². The van der Waals surface area contributed by atoms with Crippen molar-refractivity contribution in [3.8, 4) is 34.3 Å². The molecule has 3 aromatic rings. The van der Waals surface area contributed by atoms with E-state index in [4.69, 9.17) is 18.6 Å². The van der Waals surface area contributed by atoms with Crippen LogP contribution < -0.4 is 10.2 Å². The van der Waals surface area contributed by atoms with E-state index in [-0.39, 0.29) is 33.8 Å². The molecule has 6 N–H and O–H groups in total. The molecule has 1 unspecified atom stereocenters. The summed E-state index contributed by atoms with van der Waals surface area (Å²) in [6, 6.07) is 7.44. The van der Waals surface area contributed by atoms with Crippen LogP contribution >= 0.6 is 0 Å². The Labute approximate surface area is 196 Å². The first kappa shape index (κ1) is 24.3. The van der Waals surface area contributed by atoms with Gasteiger partial charge in [0.05, 0.1) is 6.61 Å². The maximum atomic E-state index is 13.4. The molecule has 0 radical (unpaired) electrons. The summed E-state index contributed by atoms with van der Waals surface area (Å²) in [6.07, 6.45) is -8.03. The second-order valence-electron chi connectivity index (χ2n) is 7.87. The summed E-state index contributed by atoms with van der Waals surface area (Å²) in [7, 11) is 0. The topological polar surface area (TPSA) is 196 Å². The van der Waals surface area contributed by atoms with E-state index in [2.05, 4.69) is 0 Å². The molecular weight excluding hydrogens is 468 g/mol. The minimum atomic E-state index is -1.80. The smallest absolute Gasteiger partial charge is 0.303 e. The zero-order valence-corrected chi connectivity index (χ0v) is 18.2. The van der Waals surface area contributed by atoms with Crippen LogP contribution in [0.4, 0.5) is 0 Å². The molecule has 4 rings (SSSR count). The Bertz CT molecular complexity index is 1300. The summed E-state index contributed by atoms with van der Waals surface area (Å²) in [5.41, 5.74) is -0.854. The van der Waals surface area contributed by atoms with E-state index in [0.29, 0.717) is 0 Å². The highest BCUT2D eigenvalue weighted by Crippen LogP contribution is 2.37. The zero-order valence-electron chi connectivity index (χ0n) is 18.2. The highest BCUT2D eigenvalue weighted by atomic mass is 16.7. The van der Waals surface area contributed by atoms with Crippen molar-refractivity contribution >= 4 is 16.9 Å². The minimum Gasteiger partial charge on any atom is -0.508 e. The third-order valence-corrected chi connectivity index (χ3v) is 5.41. The first-order chi connectivity index (χ1) is 16.6. The van der Waals surface area contributed by atoms with E-state index in [1.54, 1.807) is 0 Å². The number of aromatic hydroxyl groups is 3. The van der Waals surface area contributed by atoms with Crippen LogP contribution in [0.1, 0.15) is 6.92 Å². The molecule has 186 valence electrons. The summed E-state index contributed by atoms with van der Waals surface area (Å²) >= 11 is 0. The Kier molecular flexibility index (Phi) is 6.54. The van der Waals surface area contributed by atoms with Gasteiger partial charge in [-0.3, -0.25) is 9.59 Å². The lowest BCUT2D eigenvalue weighted by molar-refractivity contribution is -0.281. The highest BCUT2D eigenvalue weighted by molar-refractivity contribution is 5.88. The standard InChI is InChI=1S/C23H22O12/c1-9(25)32-21-17(29)15(8-24)34-23(19(21)31)35-22-18(30)16-13(28)6-12(27)7-14(16)33-20(22)10-2-4-11(26)5-3-10/h2-7,15,17,19,21,23-24,26-29,31H,8H2,1H3/t15-,17-,19-,21+,23?/m1/s1. The number of esters is 1. The predicted octanol–water partition coefficient (Wildman–Crippen LogP) is 0.326. The molecule has 5 atom stereocenters. The van der Waals surface area contributed by atoms with Crippen molar-refractivity contribution in [2.45, 2.75) is 37.6 Å². The van der Waals surface area contributed by atoms with E-state index in [0.717, 1.165) is 19.1 Å². The predicted molar refractivity (Wildman–Crippen MR) is 117 cm³/mol. The Morgan fingerprint density at radius 2 is 1.71 bits per heavy atom. The number of carbonyl (C=O) groups excluding carboxylic acids is 1. The van der Waals surface area contributed by atoms with Gasteiger partial charge >= 0.3 is 5.97 Å². The Balaban J connectivity index is 1.86. The Morgan fingerprint density at radius 1 is 1.03 bits per heavy atom. The Morgan fingerprint density at radius 3 is 2.34 bits per heavy atom. The van der Waals surface area contributed by atoms with Crippen molar-refractivity contribution in [3.63, 3.8) is 0 Å². The summed E-state index contributed by atoms with van der Waals surface area (Å²) in [5, 5.41) is 59.9. The number of carbonyl (C=O) groups is 1. The number of aliphatic hydroxyl groups is 3. The Hall–Kier alpha value is -3.84. The lowest BCUT2D eigenvalue weighted by Gasteiger charge is -2.41. The second kappa shape index (κ2) is 9.43. The summed E-state index contributed by atoms with van der Waals surface area (Å²) < 4.78 is 21.8. The zero-order chi connectivity index (χ0) is 25.4. The molecule has 12 heteroatoms. The first-order valence-corrected chi connectivity index (χ1v) is 10.4. The highest BCUT2D eigenvalue weighted by Gasteiger charge is 2.48. The van der Waals surface area contributed by atoms with Gasteiger partial charge in [0.1, 0.15) is 40.4 Å². The van der Waals surface area contributed by atoms with Crippen LogP contribution in [0.15, 0.2) is 45.6 Å². The molecule has 0 amide bonds. The maximum Gasteiger partial charge on any atom is 0.303 e. The van der Waals surface area contributed by atoms with E-state index in [1.807, 2.05) is 0 Å². The van der Waals surface area contributed by atoms with Crippen molar-refractivity contribution in [3.05, 3.63) is 46.6 Å². The molecule has 1 aliphatic heterocycles. The van der Waals surface area contributed by atoms with Gasteiger partial charge in [0.15, 0.2) is 18.0 Å². The fraction of sp³-hybridized carbons (Fsp3) is 0.304. The lowest BCUT2D eigenvalue weighted by Crippen LogP contribution is -2.61.